The smallest absolute Gasteiger partial charge is 0.224 e. The summed E-state index contributed by atoms with van der Waals surface area (Å²) in [6.45, 7) is 2.47. The van der Waals surface area contributed by atoms with Gasteiger partial charge < -0.3 is 10.6 Å². The van der Waals surface area contributed by atoms with Crippen molar-refractivity contribution >= 4 is 5.91 Å². The standard InChI is InChI=1S/C15H20N2O/c18-15(14-6-7-16-10-14)17-9-11-4-5-12-2-1-3-13(12)8-11/h4-5,8,14,16H,1-3,6-7,9-10H2,(H,17,18). The molecule has 1 saturated heterocycles. The first-order valence-corrected chi connectivity index (χ1v) is 6.92. The molecule has 96 valence electrons. The van der Waals surface area contributed by atoms with Crippen molar-refractivity contribution in [1.29, 1.82) is 0 Å². The first-order chi connectivity index (χ1) is 8.83. The van der Waals surface area contributed by atoms with Crippen molar-refractivity contribution in [1.82, 2.24) is 10.6 Å². The number of carbonyl (C=O) groups is 1. The van der Waals surface area contributed by atoms with Crippen molar-refractivity contribution in [2.45, 2.75) is 32.2 Å². The van der Waals surface area contributed by atoms with Crippen LogP contribution >= 0.6 is 0 Å². The number of nitrogens with one attached hydrogen (secondary N) is 2. The minimum Gasteiger partial charge on any atom is -0.352 e. The molecular formula is C15H20N2O. The van der Waals surface area contributed by atoms with Crippen LogP contribution in [0.3, 0.4) is 0 Å². The zero-order valence-electron chi connectivity index (χ0n) is 10.7. The van der Waals surface area contributed by atoms with E-state index in [1.165, 1.54) is 36.0 Å². The van der Waals surface area contributed by atoms with E-state index < -0.39 is 0 Å². The maximum Gasteiger partial charge on any atom is 0.224 e. The van der Waals surface area contributed by atoms with Crippen LogP contribution < -0.4 is 10.6 Å². The van der Waals surface area contributed by atoms with Crippen molar-refractivity contribution in [3.63, 3.8) is 0 Å². The molecule has 2 N–H and O–H groups in total. The predicted molar refractivity (Wildman–Crippen MR) is 71.3 cm³/mol. The Morgan fingerprint density at radius 2 is 2.22 bits per heavy atom. The lowest BCUT2D eigenvalue weighted by Crippen LogP contribution is -2.31. The number of hydrogen-bond donors (Lipinski definition) is 2. The zero-order valence-corrected chi connectivity index (χ0v) is 10.7. The summed E-state index contributed by atoms with van der Waals surface area (Å²) in [7, 11) is 0. The largest absolute Gasteiger partial charge is 0.352 e. The van der Waals surface area contributed by atoms with Crippen molar-refractivity contribution < 1.29 is 4.79 Å². The van der Waals surface area contributed by atoms with Gasteiger partial charge in [0.25, 0.3) is 0 Å². The topological polar surface area (TPSA) is 41.1 Å². The highest BCUT2D eigenvalue weighted by Crippen LogP contribution is 2.22. The fourth-order valence-electron chi connectivity index (χ4n) is 2.95. The Bertz CT molecular complexity index is 450. The van der Waals surface area contributed by atoms with E-state index in [0.717, 1.165) is 19.5 Å². The number of amides is 1. The van der Waals surface area contributed by atoms with Gasteiger partial charge in [0.2, 0.25) is 5.91 Å². The van der Waals surface area contributed by atoms with E-state index >= 15 is 0 Å². The quantitative estimate of drug-likeness (QED) is 0.844. The molecule has 0 saturated carbocycles. The van der Waals surface area contributed by atoms with Gasteiger partial charge in [0.05, 0.1) is 5.92 Å². The number of benzene rings is 1. The lowest BCUT2D eigenvalue weighted by molar-refractivity contribution is -0.124. The van der Waals surface area contributed by atoms with Crippen molar-refractivity contribution in [2.24, 2.45) is 5.92 Å². The average molecular weight is 244 g/mol. The van der Waals surface area contributed by atoms with Gasteiger partial charge in [0, 0.05) is 13.1 Å². The highest BCUT2D eigenvalue weighted by molar-refractivity contribution is 5.79. The lowest BCUT2D eigenvalue weighted by Gasteiger charge is -2.10. The summed E-state index contributed by atoms with van der Waals surface area (Å²) >= 11 is 0. The van der Waals surface area contributed by atoms with Crippen LogP contribution in [0.15, 0.2) is 18.2 Å². The Morgan fingerprint density at radius 1 is 1.33 bits per heavy atom. The fourth-order valence-corrected chi connectivity index (χ4v) is 2.95. The lowest BCUT2D eigenvalue weighted by atomic mass is 10.1. The van der Waals surface area contributed by atoms with Crippen LogP contribution in [0.2, 0.25) is 0 Å². The SMILES string of the molecule is O=C(NCc1ccc2c(c1)CCC2)C1CCNC1. The Morgan fingerprint density at radius 3 is 3.06 bits per heavy atom. The highest BCUT2D eigenvalue weighted by atomic mass is 16.1. The maximum atomic E-state index is 11.9. The van der Waals surface area contributed by atoms with Crippen LogP contribution in [0, 0.1) is 5.92 Å². The minimum absolute atomic E-state index is 0.166. The summed E-state index contributed by atoms with van der Waals surface area (Å²) in [6.07, 6.45) is 4.66. The molecular weight excluding hydrogens is 224 g/mol. The Balaban J connectivity index is 1.58. The molecule has 0 spiro atoms. The van der Waals surface area contributed by atoms with E-state index in [-0.39, 0.29) is 11.8 Å². The van der Waals surface area contributed by atoms with Crippen LogP contribution in [-0.2, 0) is 24.2 Å². The molecule has 1 aliphatic heterocycles. The predicted octanol–water partition coefficient (Wildman–Crippen LogP) is 1.40. The van der Waals surface area contributed by atoms with Gasteiger partial charge in [0.15, 0.2) is 0 Å². The Labute approximate surface area is 108 Å². The highest BCUT2D eigenvalue weighted by Gasteiger charge is 2.21. The van der Waals surface area contributed by atoms with Gasteiger partial charge in [0.1, 0.15) is 0 Å². The second kappa shape index (κ2) is 5.11. The van der Waals surface area contributed by atoms with Crippen molar-refractivity contribution in [2.75, 3.05) is 13.1 Å². The summed E-state index contributed by atoms with van der Waals surface area (Å²) in [4.78, 5) is 11.9. The third-order valence-corrected chi connectivity index (χ3v) is 4.06. The molecule has 3 rings (SSSR count). The molecule has 0 bridgehead atoms. The normalized spacial score (nSPS) is 21.9. The molecule has 1 fully saturated rings. The molecule has 1 aliphatic carbocycles. The average Bonchev–Trinajstić information content (AvgIpc) is 3.05. The number of hydrogen-bond acceptors (Lipinski definition) is 2. The van der Waals surface area contributed by atoms with Gasteiger partial charge in [-0.05, 0) is 48.9 Å². The van der Waals surface area contributed by atoms with E-state index in [2.05, 4.69) is 28.8 Å². The summed E-state index contributed by atoms with van der Waals surface area (Å²) < 4.78 is 0. The summed E-state index contributed by atoms with van der Waals surface area (Å²) in [5.41, 5.74) is 4.20. The third kappa shape index (κ3) is 2.41. The minimum atomic E-state index is 0.166. The van der Waals surface area contributed by atoms with E-state index in [9.17, 15) is 4.79 Å². The summed E-state index contributed by atoms with van der Waals surface area (Å²) in [6, 6.07) is 6.63. The zero-order chi connectivity index (χ0) is 12.4. The molecule has 2 aliphatic rings. The Hall–Kier alpha value is -1.35. The molecule has 1 heterocycles. The van der Waals surface area contributed by atoms with Crippen LogP contribution in [-0.4, -0.2) is 19.0 Å². The summed E-state index contributed by atoms with van der Waals surface area (Å²) in [5.74, 6) is 0.361. The van der Waals surface area contributed by atoms with Crippen molar-refractivity contribution in [3.05, 3.63) is 34.9 Å². The van der Waals surface area contributed by atoms with E-state index in [0.29, 0.717) is 6.54 Å². The van der Waals surface area contributed by atoms with E-state index in [1.54, 1.807) is 0 Å². The first-order valence-electron chi connectivity index (χ1n) is 6.92. The molecule has 18 heavy (non-hydrogen) atoms. The monoisotopic (exact) mass is 244 g/mol. The number of fused-ring (bicyclic) bond motifs is 1. The number of carbonyl (C=O) groups excluding carboxylic acids is 1. The van der Waals surface area contributed by atoms with Gasteiger partial charge in [-0.1, -0.05) is 18.2 Å². The second-order valence-corrected chi connectivity index (χ2v) is 5.36. The molecule has 0 aromatic heterocycles. The Kier molecular flexibility index (Phi) is 3.33. The molecule has 1 aromatic carbocycles. The van der Waals surface area contributed by atoms with Gasteiger partial charge in [-0.3, -0.25) is 4.79 Å². The van der Waals surface area contributed by atoms with Gasteiger partial charge in [-0.25, -0.2) is 0 Å². The molecule has 3 heteroatoms. The van der Waals surface area contributed by atoms with E-state index in [1.807, 2.05) is 0 Å². The van der Waals surface area contributed by atoms with Crippen LogP contribution in [0.1, 0.15) is 29.5 Å². The van der Waals surface area contributed by atoms with Crippen LogP contribution in [0.25, 0.3) is 0 Å². The maximum absolute atomic E-state index is 11.9. The molecule has 1 aromatic rings. The molecule has 1 atom stereocenters. The van der Waals surface area contributed by atoms with E-state index in [4.69, 9.17) is 0 Å². The third-order valence-electron chi connectivity index (χ3n) is 4.06. The number of rotatable bonds is 3. The molecule has 3 nitrogen and oxygen atoms in total. The fraction of sp³-hybridized carbons (Fsp3) is 0.533. The molecule has 1 amide bonds. The van der Waals surface area contributed by atoms with Gasteiger partial charge in [-0.15, -0.1) is 0 Å². The molecule has 0 radical (unpaired) electrons. The van der Waals surface area contributed by atoms with Crippen molar-refractivity contribution in [3.8, 4) is 0 Å². The van der Waals surface area contributed by atoms with Crippen LogP contribution in [0.5, 0.6) is 0 Å². The first kappa shape index (κ1) is 11.7. The molecule has 1 unspecified atom stereocenters. The van der Waals surface area contributed by atoms with Crippen LogP contribution in [0.4, 0.5) is 0 Å². The summed E-state index contributed by atoms with van der Waals surface area (Å²) in [5, 5.41) is 6.28. The second-order valence-electron chi connectivity index (χ2n) is 5.36. The van der Waals surface area contributed by atoms with Gasteiger partial charge in [-0.2, -0.15) is 0 Å². The van der Waals surface area contributed by atoms with Gasteiger partial charge >= 0.3 is 0 Å². The number of aryl methyl sites for hydroxylation is 2.